The van der Waals surface area contributed by atoms with E-state index < -0.39 is 11.2 Å². The molecule has 0 radical (unpaired) electrons. The molecule has 0 aromatic carbocycles. The van der Waals surface area contributed by atoms with Crippen LogP contribution in [0, 0.1) is 0 Å². The average Bonchev–Trinajstić information content (AvgIpc) is 1.64. The Balaban J connectivity index is 4.40. The van der Waals surface area contributed by atoms with Gasteiger partial charge in [0.1, 0.15) is 6.26 Å². The summed E-state index contributed by atoms with van der Waals surface area (Å²) in [6.07, 6.45) is 0.0195. The Labute approximate surface area is 54.0 Å². The second-order valence-corrected chi connectivity index (χ2v) is 1.56. The molecule has 0 atom stereocenters. The molecule has 0 heterocycles. The van der Waals surface area contributed by atoms with Crippen LogP contribution in [0.4, 0.5) is 13.2 Å². The molecular weight excluding hydrogens is 156 g/mol. The first-order valence-corrected chi connectivity index (χ1v) is 2.18. The topological polar surface area (TPSA) is 20.2 Å². The highest BCUT2D eigenvalue weighted by Crippen LogP contribution is 2.28. The van der Waals surface area contributed by atoms with Crippen LogP contribution in [0.1, 0.15) is 0 Å². The number of alkyl halides is 3. The van der Waals surface area contributed by atoms with Gasteiger partial charge in [0.05, 0.1) is 0 Å². The monoisotopic (exact) mass is 158 g/mol. The normalized spacial score (nSPS) is 10.2. The summed E-state index contributed by atoms with van der Waals surface area (Å²) in [5, 5.41) is 3.64. The minimum Gasteiger partial charge on any atom is -0.507 e. The van der Waals surface area contributed by atoms with Gasteiger partial charge in [-0.1, -0.05) is 0 Å². The van der Waals surface area contributed by atoms with Crippen LogP contribution >= 0.6 is 11.6 Å². The molecule has 0 bridgehead atoms. The summed E-state index contributed by atoms with van der Waals surface area (Å²) >= 11 is 4.12. The van der Waals surface area contributed by atoms with Crippen molar-refractivity contribution in [2.75, 3.05) is 0 Å². The van der Waals surface area contributed by atoms with Crippen LogP contribution in [0.5, 0.6) is 0 Å². The summed E-state index contributed by atoms with van der Waals surface area (Å²) in [4.78, 5) is 0. The van der Waals surface area contributed by atoms with Gasteiger partial charge < -0.3 is 5.11 Å². The highest BCUT2D eigenvalue weighted by atomic mass is 35.5. The van der Waals surface area contributed by atoms with E-state index in [1.54, 1.807) is 0 Å². The van der Waals surface area contributed by atoms with Crippen LogP contribution in [0.3, 0.4) is 0 Å². The van der Waals surface area contributed by atoms with Gasteiger partial charge in [0.15, 0.2) is 0 Å². The maximum atomic E-state index is 11.6. The van der Waals surface area contributed by atoms with Gasteiger partial charge in [0.25, 0.3) is 0 Å². The zero-order valence-electron chi connectivity index (χ0n) is 4.04. The van der Waals surface area contributed by atoms with Gasteiger partial charge in [-0.15, -0.1) is 0 Å². The molecule has 0 rings (SSSR count). The highest BCUT2D eigenvalue weighted by molar-refractivity contribution is 6.23. The molecule has 0 spiro atoms. The van der Waals surface area contributed by atoms with E-state index in [4.69, 9.17) is 5.11 Å². The summed E-state index contributed by atoms with van der Waals surface area (Å²) < 4.78 is 34.6. The number of aliphatic hydroxyl groups is 1. The Kier molecular flexibility index (Phi) is 2.62. The van der Waals surface area contributed by atoms with E-state index in [0.717, 1.165) is 0 Å². The van der Waals surface area contributed by atoms with E-state index in [1.165, 1.54) is 5.73 Å². The maximum absolute atomic E-state index is 11.6. The molecule has 52 valence electrons. The number of rotatable bonds is 1. The molecular formula is C4H2ClF3O. The van der Waals surface area contributed by atoms with E-state index in [1.807, 2.05) is 0 Å². The lowest BCUT2D eigenvalue weighted by atomic mass is 10.6. The van der Waals surface area contributed by atoms with Crippen molar-refractivity contribution in [2.24, 2.45) is 0 Å². The van der Waals surface area contributed by atoms with Gasteiger partial charge in [-0.2, -0.15) is 13.2 Å². The largest absolute Gasteiger partial charge is 0.507 e. The fourth-order valence-corrected chi connectivity index (χ4v) is 0.193. The van der Waals surface area contributed by atoms with Crippen LogP contribution in [0.15, 0.2) is 17.8 Å². The number of aliphatic hydroxyl groups excluding tert-OH is 1. The van der Waals surface area contributed by atoms with Crippen molar-refractivity contribution in [1.29, 1.82) is 0 Å². The van der Waals surface area contributed by atoms with E-state index in [0.29, 0.717) is 0 Å². The Morgan fingerprint density at radius 1 is 1.67 bits per heavy atom. The molecule has 0 fully saturated rings. The van der Waals surface area contributed by atoms with Crippen molar-refractivity contribution in [3.05, 3.63) is 17.8 Å². The number of halogens is 4. The molecule has 0 aromatic heterocycles. The summed E-state index contributed by atoms with van der Waals surface area (Å²) in [6, 6.07) is 0. The van der Waals surface area contributed by atoms with Gasteiger partial charge in [-0.25, -0.2) is 0 Å². The summed E-state index contributed by atoms with van der Waals surface area (Å²) in [5.74, 6) is -2.01. The Morgan fingerprint density at radius 3 is 2.22 bits per heavy atom. The van der Waals surface area contributed by atoms with Crippen LogP contribution in [0.2, 0.25) is 0 Å². The quantitative estimate of drug-likeness (QED) is 0.353. The molecule has 0 amide bonds. The number of allylic oxidation sites excluding steroid dienone is 1. The van der Waals surface area contributed by atoms with Crippen LogP contribution in [-0.2, 0) is 0 Å². The van der Waals surface area contributed by atoms with Crippen molar-refractivity contribution in [1.82, 2.24) is 0 Å². The van der Waals surface area contributed by atoms with Crippen molar-refractivity contribution in [3.63, 3.8) is 0 Å². The van der Waals surface area contributed by atoms with Gasteiger partial charge in [-0.3, -0.25) is 0 Å². The predicted octanol–water partition coefficient (Wildman–Crippen LogP) is 2.34. The first kappa shape index (κ1) is 8.40. The molecule has 0 unspecified atom stereocenters. The van der Waals surface area contributed by atoms with Crippen molar-refractivity contribution in [2.45, 2.75) is 5.38 Å². The standard InChI is InChI=1S/C4H2ClF3O/c5-4(7,8)3(6)1-2-9/h2,9H. The first-order valence-electron chi connectivity index (χ1n) is 1.80. The first-order chi connectivity index (χ1) is 3.98. The number of hydrogen-bond donors (Lipinski definition) is 1. The molecule has 0 aliphatic rings. The van der Waals surface area contributed by atoms with Crippen molar-refractivity contribution < 1.29 is 18.3 Å². The fourth-order valence-electron chi connectivity index (χ4n) is 0.139. The summed E-state index contributed by atoms with van der Waals surface area (Å²) in [7, 11) is 0. The zero-order chi connectivity index (χ0) is 7.49. The molecule has 0 aromatic rings. The Bertz CT molecular complexity index is 154. The second kappa shape index (κ2) is 2.80. The lowest BCUT2D eigenvalue weighted by molar-refractivity contribution is 0.110. The molecule has 0 aliphatic carbocycles. The van der Waals surface area contributed by atoms with E-state index in [-0.39, 0.29) is 6.26 Å². The third-order valence-electron chi connectivity index (χ3n) is 0.440. The molecule has 1 N–H and O–H groups in total. The van der Waals surface area contributed by atoms with Crippen LogP contribution in [-0.4, -0.2) is 10.5 Å². The maximum Gasteiger partial charge on any atom is 0.381 e. The Hall–Kier alpha value is -0.600. The second-order valence-electron chi connectivity index (χ2n) is 1.09. The molecule has 9 heavy (non-hydrogen) atoms. The zero-order valence-corrected chi connectivity index (χ0v) is 4.79. The lowest BCUT2D eigenvalue weighted by Crippen LogP contribution is -2.04. The van der Waals surface area contributed by atoms with Gasteiger partial charge in [0, 0.05) is 0 Å². The predicted molar refractivity (Wildman–Crippen MR) is 26.1 cm³/mol. The van der Waals surface area contributed by atoms with E-state index in [2.05, 4.69) is 11.6 Å². The third-order valence-corrected chi connectivity index (χ3v) is 0.606. The summed E-state index contributed by atoms with van der Waals surface area (Å²) in [6.45, 7) is 0. The molecule has 1 nitrogen and oxygen atoms in total. The fraction of sp³-hybridized carbons (Fsp3) is 0.250. The minimum atomic E-state index is -4.07. The van der Waals surface area contributed by atoms with E-state index >= 15 is 0 Å². The third kappa shape index (κ3) is 3.06. The minimum absolute atomic E-state index is 0.0195. The molecule has 0 saturated heterocycles. The number of hydrogen-bond acceptors (Lipinski definition) is 1. The van der Waals surface area contributed by atoms with Crippen molar-refractivity contribution >= 4 is 11.6 Å². The smallest absolute Gasteiger partial charge is 0.381 e. The molecule has 5 heteroatoms. The van der Waals surface area contributed by atoms with Gasteiger partial charge in [-0.05, 0) is 17.3 Å². The molecule has 0 aliphatic heterocycles. The SMILES string of the molecule is OC=C=C(F)C(F)(F)Cl. The van der Waals surface area contributed by atoms with Crippen LogP contribution in [0.25, 0.3) is 0 Å². The van der Waals surface area contributed by atoms with Crippen molar-refractivity contribution in [3.8, 4) is 0 Å². The lowest BCUT2D eigenvalue weighted by Gasteiger charge is -1.98. The van der Waals surface area contributed by atoms with Gasteiger partial charge >= 0.3 is 5.38 Å². The van der Waals surface area contributed by atoms with Gasteiger partial charge in [0.2, 0.25) is 5.83 Å². The van der Waals surface area contributed by atoms with Crippen LogP contribution < -0.4 is 0 Å². The molecule has 0 saturated carbocycles. The highest BCUT2D eigenvalue weighted by Gasteiger charge is 2.31. The summed E-state index contributed by atoms with van der Waals surface area (Å²) in [5.41, 5.74) is 1.18. The average molecular weight is 159 g/mol. The van der Waals surface area contributed by atoms with E-state index in [9.17, 15) is 13.2 Å². The Morgan fingerprint density at radius 2 is 2.11 bits per heavy atom.